The summed E-state index contributed by atoms with van der Waals surface area (Å²) in [7, 11) is 0. The maximum Gasteiger partial charge on any atom is 0.326 e. The van der Waals surface area contributed by atoms with Gasteiger partial charge in [-0.2, -0.15) is 11.8 Å². The lowest BCUT2D eigenvalue weighted by Crippen LogP contribution is -2.61. The van der Waals surface area contributed by atoms with Crippen molar-refractivity contribution in [2.75, 3.05) is 38.2 Å². The Kier molecular flexibility index (Phi) is 30.8. The Morgan fingerprint density at radius 3 is 1.87 bits per heavy atom. The molecule has 490 valence electrons. The number of aliphatic imine (C=N–C) groups is 1. The molecule has 0 unspecified atom stereocenters. The van der Waals surface area contributed by atoms with Crippen LogP contribution in [-0.2, 0) is 76.9 Å². The zero-order chi connectivity index (χ0) is 65.7. The number of nitrogens with one attached hydrogen (secondary N) is 7. The fraction of sp³-hybridized carbons (Fsp3) is 0.576. The predicted molar refractivity (Wildman–Crippen MR) is 330 cm³/mol. The van der Waals surface area contributed by atoms with Gasteiger partial charge in [0.2, 0.25) is 59.1 Å². The number of nitrogens with zero attached hydrogens (tertiary/aromatic N) is 3. The molecule has 0 aromatic heterocycles. The van der Waals surface area contributed by atoms with Crippen LogP contribution in [0.4, 0.5) is 0 Å². The number of carbonyl (C=O) groups excluding carboxylic acids is 10. The average molecular weight is 1260 g/mol. The van der Waals surface area contributed by atoms with Crippen molar-refractivity contribution in [1.29, 1.82) is 0 Å². The van der Waals surface area contributed by atoms with E-state index >= 15 is 4.79 Å². The predicted octanol–water partition coefficient (Wildman–Crippen LogP) is -2.28. The molecule has 2 heterocycles. The Balaban J connectivity index is 1.61. The molecule has 1 saturated heterocycles. The Morgan fingerprint density at radius 1 is 0.663 bits per heavy atom. The van der Waals surface area contributed by atoms with Crippen molar-refractivity contribution in [2.24, 2.45) is 39.6 Å². The van der Waals surface area contributed by atoms with Gasteiger partial charge in [-0.1, -0.05) is 74.9 Å². The van der Waals surface area contributed by atoms with Gasteiger partial charge in [-0.05, 0) is 105 Å². The number of rotatable bonds is 38. The molecular formula is C59H89N15O14S. The number of hydrogen-bond acceptors (Lipinski definition) is 16. The van der Waals surface area contributed by atoms with E-state index in [1.165, 1.54) is 21.6 Å². The summed E-state index contributed by atoms with van der Waals surface area (Å²) in [5.74, 6) is -10.8. The fourth-order valence-corrected chi connectivity index (χ4v) is 10.8. The van der Waals surface area contributed by atoms with E-state index < -0.39 is 164 Å². The third-order valence-electron chi connectivity index (χ3n) is 15.5. The van der Waals surface area contributed by atoms with E-state index in [-0.39, 0.29) is 70.7 Å². The van der Waals surface area contributed by atoms with Crippen LogP contribution in [0.5, 0.6) is 0 Å². The SMILES string of the molecule is CC[C@H](C)[C@H](NC(=O)CNC(=O)[C@@H]1Cc2ccccc2CN1C(=O)[C@H](Cc1ccccc1)NC(=O)[C@H](CCC(N)=O)NC(=O)[C@H](CCC(=O)O)NC(=O)[C@H](CCCCN)NC(=O)[C@@H]1CCCN1C(=O)[C@@H](N)CCCN=C(N)N)C(=O)N[C@@H](CCSC)C(=O)O. The first-order valence-corrected chi connectivity index (χ1v) is 31.3. The maximum absolute atomic E-state index is 15.2. The number of likely N-dealkylation sites (tertiary alicyclic amines) is 1. The van der Waals surface area contributed by atoms with Crippen LogP contribution in [0.1, 0.15) is 114 Å². The number of thioether (sulfide) groups is 1. The quantitative estimate of drug-likeness (QED) is 0.0191. The Bertz CT molecular complexity index is 2810. The van der Waals surface area contributed by atoms with Crippen LogP contribution in [0, 0.1) is 5.92 Å². The topological polar surface area (TPSA) is 478 Å². The number of primary amides is 1. The number of carboxylic acids is 2. The molecule has 0 bridgehead atoms. The summed E-state index contributed by atoms with van der Waals surface area (Å²) in [5.41, 5.74) is 30.2. The van der Waals surface area contributed by atoms with Crippen molar-refractivity contribution in [3.05, 3.63) is 71.3 Å². The fourth-order valence-electron chi connectivity index (χ4n) is 10.3. The molecule has 2 aliphatic rings. The van der Waals surface area contributed by atoms with Crippen molar-refractivity contribution in [3.8, 4) is 0 Å². The Labute approximate surface area is 521 Å². The average Bonchev–Trinajstić information content (AvgIpc) is 1.23. The number of unbranched alkanes of at least 4 members (excludes halogenated alkanes) is 1. The zero-order valence-electron chi connectivity index (χ0n) is 50.7. The van der Waals surface area contributed by atoms with E-state index in [1.807, 2.05) is 0 Å². The van der Waals surface area contributed by atoms with Crippen molar-refractivity contribution >= 4 is 88.7 Å². The monoisotopic (exact) mass is 1260 g/mol. The van der Waals surface area contributed by atoms with E-state index in [1.54, 1.807) is 74.7 Å². The normalized spacial score (nSPS) is 17.0. The molecule has 4 rings (SSSR count). The van der Waals surface area contributed by atoms with Gasteiger partial charge in [-0.15, -0.1) is 0 Å². The lowest BCUT2D eigenvalue weighted by Gasteiger charge is -2.38. The van der Waals surface area contributed by atoms with Crippen LogP contribution in [0.2, 0.25) is 0 Å². The van der Waals surface area contributed by atoms with Gasteiger partial charge in [0.1, 0.15) is 48.3 Å². The molecular weight excluding hydrogens is 1170 g/mol. The summed E-state index contributed by atoms with van der Waals surface area (Å²) >= 11 is 1.40. The summed E-state index contributed by atoms with van der Waals surface area (Å²) < 4.78 is 0. The lowest BCUT2D eigenvalue weighted by molar-refractivity contribution is -0.145. The summed E-state index contributed by atoms with van der Waals surface area (Å²) in [6, 6.07) is 3.70. The number of fused-ring (bicyclic) bond motifs is 1. The molecule has 0 radical (unpaired) electrons. The molecule has 19 N–H and O–H groups in total. The molecule has 10 atom stereocenters. The van der Waals surface area contributed by atoms with E-state index in [0.717, 1.165) is 0 Å². The summed E-state index contributed by atoms with van der Waals surface area (Å²) in [4.78, 5) is 170. The van der Waals surface area contributed by atoms with Crippen LogP contribution >= 0.6 is 11.8 Å². The van der Waals surface area contributed by atoms with Gasteiger partial charge in [0, 0.05) is 45.3 Å². The van der Waals surface area contributed by atoms with Crippen molar-refractivity contribution in [1.82, 2.24) is 47.0 Å². The van der Waals surface area contributed by atoms with Crippen LogP contribution in [0.3, 0.4) is 0 Å². The summed E-state index contributed by atoms with van der Waals surface area (Å²) in [6.45, 7) is 3.36. The van der Waals surface area contributed by atoms with Crippen LogP contribution < -0.4 is 65.9 Å². The molecule has 0 aliphatic carbocycles. The van der Waals surface area contributed by atoms with E-state index in [9.17, 15) is 63.0 Å². The van der Waals surface area contributed by atoms with Gasteiger partial charge >= 0.3 is 11.9 Å². The number of guanidine groups is 1. The molecule has 1 fully saturated rings. The highest BCUT2D eigenvalue weighted by atomic mass is 32.2. The number of carboxylic acid groups (broad SMARTS) is 2. The van der Waals surface area contributed by atoms with Gasteiger partial charge in [-0.25, -0.2) is 4.79 Å². The minimum atomic E-state index is -1.67. The first kappa shape index (κ1) is 73.1. The Morgan fingerprint density at radius 2 is 1.27 bits per heavy atom. The highest BCUT2D eigenvalue weighted by Crippen LogP contribution is 2.26. The molecule has 30 heteroatoms. The lowest BCUT2D eigenvalue weighted by atomic mass is 9.92. The van der Waals surface area contributed by atoms with Crippen molar-refractivity contribution < 1.29 is 67.7 Å². The van der Waals surface area contributed by atoms with Crippen molar-refractivity contribution in [2.45, 2.75) is 171 Å². The van der Waals surface area contributed by atoms with Gasteiger partial charge in [0.25, 0.3) is 0 Å². The van der Waals surface area contributed by atoms with E-state index in [4.69, 9.17) is 28.7 Å². The first-order valence-electron chi connectivity index (χ1n) is 29.9. The molecule has 2 aliphatic heterocycles. The summed E-state index contributed by atoms with van der Waals surface area (Å²) in [5, 5.41) is 37.7. The molecule has 10 amide bonds. The number of hydrogen-bond donors (Lipinski definition) is 14. The van der Waals surface area contributed by atoms with Crippen LogP contribution in [0.15, 0.2) is 59.6 Å². The smallest absolute Gasteiger partial charge is 0.326 e. The molecule has 0 saturated carbocycles. The van der Waals surface area contributed by atoms with Gasteiger partial charge in [0.05, 0.1) is 12.6 Å². The highest BCUT2D eigenvalue weighted by Gasteiger charge is 2.41. The third-order valence-corrected chi connectivity index (χ3v) is 16.1. The first-order chi connectivity index (χ1) is 42.4. The largest absolute Gasteiger partial charge is 0.481 e. The number of carbonyl (C=O) groups is 12. The second-order valence-electron chi connectivity index (χ2n) is 22.2. The van der Waals surface area contributed by atoms with Gasteiger partial charge in [0.15, 0.2) is 5.96 Å². The van der Waals surface area contributed by atoms with Crippen molar-refractivity contribution in [3.63, 3.8) is 0 Å². The number of amides is 10. The minimum absolute atomic E-state index is 0.00351. The zero-order valence-corrected chi connectivity index (χ0v) is 51.6. The van der Waals surface area contributed by atoms with Gasteiger partial charge in [-0.3, -0.25) is 57.7 Å². The molecule has 29 nitrogen and oxygen atoms in total. The number of nitrogens with two attached hydrogens (primary N) is 5. The Hall–Kier alpha value is -8.38. The standard InChI is InChI=1S/C59H89N15O14S/c1-4-34(2)49(55(84)70-42(58(87)88)25-29-89-3)72-47(76)32-66-53(82)45-31-36-16-8-9-17-37(36)33-74(45)57(86)43(30-35-14-6-5-7-15-35)71-52(81)40(21-23-46(62)75)67-51(80)41(22-24-48(77)78)68-50(79)39(19-10-11-26-60)69-54(83)44-20-13-28-73(44)56(85)38(61)18-12-27-65-59(63)64/h5-9,14-17,34,38-45,49H,4,10-13,18-33,60-61H2,1-3H3,(H2,62,75)(H,66,82)(H,67,80)(H,68,79)(H,69,83)(H,70,84)(H,71,81)(H,72,76)(H,77,78)(H,87,88)(H4,63,64,65)/t34-,38-,39-,40-,41-,42-,43-,44-,45-,49-/m0/s1. The van der Waals surface area contributed by atoms with E-state index in [2.05, 4.69) is 42.2 Å². The number of aliphatic carboxylic acids is 2. The van der Waals surface area contributed by atoms with E-state index in [0.29, 0.717) is 54.5 Å². The molecule has 89 heavy (non-hydrogen) atoms. The highest BCUT2D eigenvalue weighted by molar-refractivity contribution is 7.98. The molecule has 2 aromatic carbocycles. The van der Waals surface area contributed by atoms with Crippen LogP contribution in [0.25, 0.3) is 0 Å². The minimum Gasteiger partial charge on any atom is -0.481 e. The summed E-state index contributed by atoms with van der Waals surface area (Å²) in [6.07, 6.45) is 2.06. The molecule has 2 aromatic rings. The number of benzene rings is 2. The van der Waals surface area contributed by atoms with Gasteiger partial charge < -0.3 is 85.9 Å². The van der Waals surface area contributed by atoms with Crippen LogP contribution in [-0.4, -0.2) is 190 Å². The second-order valence-corrected chi connectivity index (χ2v) is 23.2. The third kappa shape index (κ3) is 23.9. The second kappa shape index (κ2) is 37.5. The maximum atomic E-state index is 15.2. The molecule has 0 spiro atoms.